The molecule has 1 saturated carbocycles. The lowest BCUT2D eigenvalue weighted by Crippen LogP contribution is -2.24. The molecule has 1 N–H and O–H groups in total. The summed E-state index contributed by atoms with van der Waals surface area (Å²) >= 11 is 0. The molecule has 2 aliphatic rings. The van der Waals surface area contributed by atoms with E-state index in [1.54, 1.807) is 0 Å². The Kier molecular flexibility index (Phi) is 3.03. The molecule has 0 spiro atoms. The molecule has 2 fully saturated rings. The Bertz CT molecular complexity index is 608. The number of fused-ring (bicyclic) bond motifs is 1. The van der Waals surface area contributed by atoms with Gasteiger partial charge in [0.1, 0.15) is 5.82 Å². The van der Waals surface area contributed by atoms with Gasteiger partial charge in [0.25, 0.3) is 0 Å². The van der Waals surface area contributed by atoms with Gasteiger partial charge in [-0.15, -0.1) is 0 Å². The van der Waals surface area contributed by atoms with E-state index in [1.165, 1.54) is 30.3 Å². The molecule has 1 aliphatic carbocycles. The first kappa shape index (κ1) is 12.4. The van der Waals surface area contributed by atoms with Crippen LogP contribution in [0.2, 0.25) is 0 Å². The number of imidazole rings is 1. The first-order valence-corrected chi connectivity index (χ1v) is 7.84. The Hall–Kier alpha value is -1.35. The van der Waals surface area contributed by atoms with E-state index < -0.39 is 0 Å². The fraction of sp³-hybridized carbons (Fsp3) is 0.588. The highest BCUT2D eigenvalue weighted by Crippen LogP contribution is 2.36. The monoisotopic (exact) mass is 270 g/mol. The van der Waals surface area contributed by atoms with Gasteiger partial charge >= 0.3 is 0 Å². The Morgan fingerprint density at radius 1 is 1.30 bits per heavy atom. The van der Waals surface area contributed by atoms with Gasteiger partial charge in [-0.1, -0.05) is 13.0 Å². The summed E-state index contributed by atoms with van der Waals surface area (Å²) in [5.41, 5.74) is 3.67. The van der Waals surface area contributed by atoms with Gasteiger partial charge in [-0.25, -0.2) is 4.98 Å². The third kappa shape index (κ3) is 2.24. The van der Waals surface area contributed by atoms with Crippen molar-refractivity contribution in [3.05, 3.63) is 29.6 Å². The highest BCUT2D eigenvalue weighted by atomic mass is 16.5. The van der Waals surface area contributed by atoms with Crippen molar-refractivity contribution in [1.29, 1.82) is 0 Å². The maximum absolute atomic E-state index is 5.27. The summed E-state index contributed by atoms with van der Waals surface area (Å²) in [6, 6.07) is 6.60. The normalized spacial score (nSPS) is 26.4. The summed E-state index contributed by atoms with van der Waals surface area (Å²) < 4.78 is 5.27. The van der Waals surface area contributed by atoms with Crippen molar-refractivity contribution in [3.8, 4) is 0 Å². The molecule has 3 nitrogen and oxygen atoms in total. The highest BCUT2D eigenvalue weighted by molar-refractivity contribution is 5.76. The number of aromatic nitrogens is 2. The van der Waals surface area contributed by atoms with E-state index >= 15 is 0 Å². The molecular formula is C17H22N2O. The minimum atomic E-state index is 0.586. The highest BCUT2D eigenvalue weighted by Gasteiger charge is 2.25. The van der Waals surface area contributed by atoms with Crippen molar-refractivity contribution in [3.63, 3.8) is 0 Å². The first-order valence-electron chi connectivity index (χ1n) is 7.84. The van der Waals surface area contributed by atoms with Crippen molar-refractivity contribution in [1.82, 2.24) is 9.97 Å². The van der Waals surface area contributed by atoms with Gasteiger partial charge < -0.3 is 9.72 Å². The third-order valence-electron chi connectivity index (χ3n) is 4.93. The number of nitrogens with zero attached hydrogens (tertiary/aromatic N) is 1. The summed E-state index contributed by atoms with van der Waals surface area (Å²) in [6.45, 7) is 4.09. The molecule has 0 atom stereocenters. The topological polar surface area (TPSA) is 37.9 Å². The molecule has 0 bridgehead atoms. The number of H-pyrrole nitrogens is 1. The van der Waals surface area contributed by atoms with Crippen molar-refractivity contribution in [2.75, 3.05) is 13.2 Å². The van der Waals surface area contributed by atoms with Crippen molar-refractivity contribution in [2.24, 2.45) is 11.8 Å². The fourth-order valence-corrected chi connectivity index (χ4v) is 3.53. The molecule has 4 rings (SSSR count). The van der Waals surface area contributed by atoms with Crippen LogP contribution in [-0.4, -0.2) is 23.2 Å². The van der Waals surface area contributed by atoms with E-state index in [1.807, 2.05) is 0 Å². The molecule has 3 heteroatoms. The lowest BCUT2D eigenvalue weighted by atomic mass is 9.74. The van der Waals surface area contributed by atoms with E-state index in [9.17, 15) is 0 Å². The van der Waals surface area contributed by atoms with E-state index in [0.717, 1.165) is 42.8 Å². The van der Waals surface area contributed by atoms with Crippen LogP contribution in [0.4, 0.5) is 0 Å². The molecule has 0 radical (unpaired) electrons. The van der Waals surface area contributed by atoms with Crippen LogP contribution in [0, 0.1) is 11.8 Å². The molecule has 0 unspecified atom stereocenters. The number of hydrogen-bond donors (Lipinski definition) is 1. The quantitative estimate of drug-likeness (QED) is 0.920. The van der Waals surface area contributed by atoms with E-state index in [4.69, 9.17) is 9.72 Å². The largest absolute Gasteiger partial charge is 0.380 e. The van der Waals surface area contributed by atoms with Crippen LogP contribution >= 0.6 is 0 Å². The first-order chi connectivity index (χ1) is 9.78. The molecule has 2 aromatic rings. The average Bonchev–Trinajstić information content (AvgIpc) is 2.73. The van der Waals surface area contributed by atoms with Gasteiger partial charge in [0.15, 0.2) is 0 Å². The van der Waals surface area contributed by atoms with Crippen LogP contribution in [0.5, 0.6) is 0 Å². The lowest BCUT2D eigenvalue weighted by molar-refractivity contribution is 0.00847. The van der Waals surface area contributed by atoms with Crippen molar-refractivity contribution >= 4 is 11.0 Å². The summed E-state index contributed by atoms with van der Waals surface area (Å²) in [6.07, 6.45) is 5.19. The molecule has 1 aromatic heterocycles. The predicted octanol–water partition coefficient (Wildman–Crippen LogP) is 3.66. The average molecular weight is 270 g/mol. The minimum absolute atomic E-state index is 0.586. The number of ether oxygens (including phenoxy) is 1. The standard InChI is InChI=1S/C17H22N2O/c1-11-6-12(7-11)2-5-17-18-15-4-3-13(8-16(15)19-17)14-9-20-10-14/h3-4,8,11-12,14H,2,5-7,9-10H2,1H3,(H,18,19). The minimum Gasteiger partial charge on any atom is -0.380 e. The predicted molar refractivity (Wildman–Crippen MR) is 79.9 cm³/mol. The number of benzene rings is 1. The second-order valence-corrected chi connectivity index (χ2v) is 6.68. The maximum atomic E-state index is 5.27. The molecule has 1 aromatic carbocycles. The molecule has 20 heavy (non-hydrogen) atoms. The molecule has 1 saturated heterocycles. The van der Waals surface area contributed by atoms with E-state index in [0.29, 0.717) is 5.92 Å². The summed E-state index contributed by atoms with van der Waals surface area (Å²) in [5.74, 6) is 3.62. The van der Waals surface area contributed by atoms with Crippen LogP contribution in [0.15, 0.2) is 18.2 Å². The van der Waals surface area contributed by atoms with E-state index in [2.05, 4.69) is 30.1 Å². The van der Waals surface area contributed by atoms with Gasteiger partial charge in [-0.3, -0.25) is 0 Å². The maximum Gasteiger partial charge on any atom is 0.107 e. The molecular weight excluding hydrogens is 248 g/mol. The smallest absolute Gasteiger partial charge is 0.107 e. The van der Waals surface area contributed by atoms with E-state index in [-0.39, 0.29) is 0 Å². The second kappa shape index (κ2) is 4.88. The van der Waals surface area contributed by atoms with Gasteiger partial charge in [0.2, 0.25) is 0 Å². The van der Waals surface area contributed by atoms with Crippen LogP contribution in [0.25, 0.3) is 11.0 Å². The van der Waals surface area contributed by atoms with Gasteiger partial charge in [-0.2, -0.15) is 0 Å². The fourth-order valence-electron chi connectivity index (χ4n) is 3.53. The number of nitrogens with one attached hydrogen (secondary N) is 1. The summed E-state index contributed by atoms with van der Waals surface area (Å²) in [5, 5.41) is 0. The van der Waals surface area contributed by atoms with Crippen LogP contribution < -0.4 is 0 Å². The zero-order valence-electron chi connectivity index (χ0n) is 12.1. The zero-order chi connectivity index (χ0) is 13.5. The van der Waals surface area contributed by atoms with Gasteiger partial charge in [0.05, 0.1) is 24.2 Å². The summed E-state index contributed by atoms with van der Waals surface area (Å²) in [4.78, 5) is 8.22. The number of rotatable bonds is 4. The van der Waals surface area contributed by atoms with Crippen LogP contribution in [0.3, 0.4) is 0 Å². The third-order valence-corrected chi connectivity index (χ3v) is 4.93. The second-order valence-electron chi connectivity index (χ2n) is 6.68. The Morgan fingerprint density at radius 2 is 2.15 bits per heavy atom. The van der Waals surface area contributed by atoms with Crippen LogP contribution in [-0.2, 0) is 11.2 Å². The number of aryl methyl sites for hydroxylation is 1. The molecule has 2 heterocycles. The molecule has 0 amide bonds. The van der Waals surface area contributed by atoms with Gasteiger partial charge in [0, 0.05) is 12.3 Å². The van der Waals surface area contributed by atoms with Crippen molar-refractivity contribution < 1.29 is 4.74 Å². The zero-order valence-corrected chi connectivity index (χ0v) is 12.1. The Morgan fingerprint density at radius 3 is 2.85 bits per heavy atom. The Balaban J connectivity index is 1.47. The number of hydrogen-bond acceptors (Lipinski definition) is 2. The SMILES string of the molecule is CC1CC(CCc2nc3ccc(C4COC4)cc3[nH]2)C1. The summed E-state index contributed by atoms with van der Waals surface area (Å²) in [7, 11) is 0. The van der Waals surface area contributed by atoms with Crippen LogP contribution in [0.1, 0.15) is 43.5 Å². The number of aromatic amines is 1. The lowest BCUT2D eigenvalue weighted by Gasteiger charge is -2.32. The Labute approximate surface area is 119 Å². The van der Waals surface area contributed by atoms with Crippen molar-refractivity contribution in [2.45, 2.75) is 38.5 Å². The van der Waals surface area contributed by atoms with Gasteiger partial charge in [-0.05, 0) is 48.8 Å². The molecule has 1 aliphatic heterocycles. The molecule has 106 valence electrons.